The molecular formula is C20H19F4N7O3S. The molecule has 1 saturated heterocycles. The van der Waals surface area contributed by atoms with Gasteiger partial charge in [0.15, 0.2) is 11.9 Å². The number of alkyl halides is 3. The molecule has 2 aromatic heterocycles. The highest BCUT2D eigenvalue weighted by molar-refractivity contribution is 7.19. The molecular weight excluding hydrogens is 494 g/mol. The van der Waals surface area contributed by atoms with E-state index in [1.54, 1.807) is 6.07 Å². The quantitative estimate of drug-likeness (QED) is 0.438. The van der Waals surface area contributed by atoms with Crippen molar-refractivity contribution in [3.63, 3.8) is 0 Å². The van der Waals surface area contributed by atoms with Gasteiger partial charge in [0.2, 0.25) is 16.2 Å². The van der Waals surface area contributed by atoms with Gasteiger partial charge in [-0.15, -0.1) is 33.6 Å². The van der Waals surface area contributed by atoms with Crippen LogP contribution in [0.3, 0.4) is 0 Å². The first-order valence-electron chi connectivity index (χ1n) is 10.2. The van der Waals surface area contributed by atoms with Gasteiger partial charge in [-0.2, -0.15) is 4.39 Å². The molecule has 1 unspecified atom stereocenters. The first kappa shape index (κ1) is 24.5. The average Bonchev–Trinajstić information content (AvgIpc) is 3.44. The third-order valence-corrected chi connectivity index (χ3v) is 5.75. The molecule has 1 aliphatic heterocycles. The van der Waals surface area contributed by atoms with Crippen LogP contribution in [-0.4, -0.2) is 58.9 Å². The fourth-order valence-corrected chi connectivity index (χ4v) is 4.23. The van der Waals surface area contributed by atoms with E-state index in [0.717, 1.165) is 29.9 Å². The molecule has 15 heteroatoms. The Bertz CT molecular complexity index is 1160. The number of anilines is 3. The van der Waals surface area contributed by atoms with Gasteiger partial charge < -0.3 is 19.7 Å². The highest BCUT2D eigenvalue weighted by Crippen LogP contribution is 2.29. The number of benzene rings is 1. The van der Waals surface area contributed by atoms with Crippen LogP contribution in [-0.2, 0) is 9.53 Å². The first-order chi connectivity index (χ1) is 16.7. The lowest BCUT2D eigenvalue weighted by Gasteiger charge is -2.16. The molecule has 4 rings (SSSR count). The van der Waals surface area contributed by atoms with Crippen molar-refractivity contribution in [2.24, 2.45) is 0 Å². The maximum Gasteiger partial charge on any atom is 0.573 e. The molecule has 2 atom stereocenters. The summed E-state index contributed by atoms with van der Waals surface area (Å²) < 4.78 is 59.5. The number of ether oxygens (including phenoxy) is 2. The molecule has 186 valence electrons. The maximum absolute atomic E-state index is 13.0. The number of amides is 1. The number of rotatable bonds is 8. The monoisotopic (exact) mass is 513 g/mol. The summed E-state index contributed by atoms with van der Waals surface area (Å²) in [7, 11) is 1.26. The second kappa shape index (κ2) is 10.4. The Morgan fingerprint density at radius 3 is 2.69 bits per heavy atom. The molecule has 2 N–H and O–H groups in total. The van der Waals surface area contributed by atoms with E-state index in [0.29, 0.717) is 24.0 Å². The predicted octanol–water partition coefficient (Wildman–Crippen LogP) is 3.38. The number of aromatic nitrogens is 4. The van der Waals surface area contributed by atoms with Crippen molar-refractivity contribution in [2.45, 2.75) is 24.9 Å². The number of methoxy groups -OCH3 is 1. The summed E-state index contributed by atoms with van der Waals surface area (Å²) in [5, 5.41) is 21.6. The van der Waals surface area contributed by atoms with E-state index < -0.39 is 30.1 Å². The molecule has 1 amide bonds. The average molecular weight is 513 g/mol. The largest absolute Gasteiger partial charge is 0.573 e. The van der Waals surface area contributed by atoms with Crippen LogP contribution < -0.4 is 20.3 Å². The van der Waals surface area contributed by atoms with Crippen LogP contribution in [0.4, 0.5) is 33.6 Å². The van der Waals surface area contributed by atoms with E-state index in [2.05, 4.69) is 35.8 Å². The van der Waals surface area contributed by atoms with Gasteiger partial charge in [0.25, 0.3) is 5.91 Å². The SMILES string of the molecule is COC(C(=O)Nc1nnc(N[C@@H]2CCN(c3ccc(F)nn3)C2)s1)c1cccc(OC(F)(F)F)c1. The van der Waals surface area contributed by atoms with Crippen LogP contribution in [0.25, 0.3) is 0 Å². The van der Waals surface area contributed by atoms with Gasteiger partial charge in [-0.1, -0.05) is 23.5 Å². The van der Waals surface area contributed by atoms with Crippen LogP contribution >= 0.6 is 11.3 Å². The fraction of sp³-hybridized carbons (Fsp3) is 0.350. The summed E-state index contributed by atoms with van der Waals surface area (Å²) in [6.45, 7) is 1.27. The lowest BCUT2D eigenvalue weighted by Crippen LogP contribution is -2.26. The van der Waals surface area contributed by atoms with Crippen molar-refractivity contribution in [1.82, 2.24) is 20.4 Å². The van der Waals surface area contributed by atoms with E-state index in [9.17, 15) is 22.4 Å². The summed E-state index contributed by atoms with van der Waals surface area (Å²) in [5.41, 5.74) is 0.171. The van der Waals surface area contributed by atoms with Crippen LogP contribution in [0.5, 0.6) is 5.75 Å². The molecule has 1 fully saturated rings. The molecule has 0 bridgehead atoms. The second-order valence-corrected chi connectivity index (χ2v) is 8.41. The third kappa shape index (κ3) is 6.51. The summed E-state index contributed by atoms with van der Waals surface area (Å²) in [4.78, 5) is 14.6. The second-order valence-electron chi connectivity index (χ2n) is 7.43. The molecule has 0 spiro atoms. The van der Waals surface area contributed by atoms with Gasteiger partial charge in [0.05, 0.1) is 0 Å². The Labute approximate surface area is 200 Å². The number of carbonyl (C=O) groups is 1. The topological polar surface area (TPSA) is 114 Å². The number of hydrogen-bond donors (Lipinski definition) is 2. The lowest BCUT2D eigenvalue weighted by atomic mass is 10.1. The number of nitrogens with one attached hydrogen (secondary N) is 2. The van der Waals surface area contributed by atoms with E-state index in [4.69, 9.17) is 4.74 Å². The van der Waals surface area contributed by atoms with E-state index >= 15 is 0 Å². The zero-order valence-electron chi connectivity index (χ0n) is 18.1. The van der Waals surface area contributed by atoms with Crippen molar-refractivity contribution in [3.05, 3.63) is 47.9 Å². The Morgan fingerprint density at radius 2 is 1.97 bits per heavy atom. The van der Waals surface area contributed by atoms with Gasteiger partial charge >= 0.3 is 6.36 Å². The molecule has 0 aliphatic carbocycles. The highest BCUT2D eigenvalue weighted by atomic mass is 32.1. The van der Waals surface area contributed by atoms with E-state index in [1.165, 1.54) is 25.3 Å². The predicted molar refractivity (Wildman–Crippen MR) is 118 cm³/mol. The lowest BCUT2D eigenvalue weighted by molar-refractivity contribution is -0.274. The molecule has 0 saturated carbocycles. The minimum Gasteiger partial charge on any atom is -0.406 e. The first-order valence-corrected chi connectivity index (χ1v) is 11.1. The molecule has 0 radical (unpaired) electrons. The summed E-state index contributed by atoms with van der Waals surface area (Å²) in [5.74, 6) is -1.19. The van der Waals surface area contributed by atoms with Crippen molar-refractivity contribution in [3.8, 4) is 5.75 Å². The van der Waals surface area contributed by atoms with Gasteiger partial charge in [0, 0.05) is 26.2 Å². The Hall–Kier alpha value is -3.59. The van der Waals surface area contributed by atoms with Crippen LogP contribution in [0.1, 0.15) is 18.1 Å². The number of hydrogen-bond acceptors (Lipinski definition) is 10. The van der Waals surface area contributed by atoms with Crippen molar-refractivity contribution < 1.29 is 31.8 Å². The minimum absolute atomic E-state index is 0.0152. The summed E-state index contributed by atoms with van der Waals surface area (Å²) in [6.07, 6.45) is -5.29. The standard InChI is InChI=1S/C20H19F4N7O3S/c1-33-16(11-3-2-4-13(9-11)34-20(22,23)24)17(32)26-19-30-29-18(35-19)25-12-7-8-31(10-12)15-6-5-14(21)27-28-15/h2-6,9,12,16H,7-8,10H2,1H3,(H,25,29)(H,26,30,32)/t12-,16?/m1/s1. The van der Waals surface area contributed by atoms with Gasteiger partial charge in [-0.05, 0) is 36.2 Å². The zero-order chi connectivity index (χ0) is 25.0. The molecule has 10 nitrogen and oxygen atoms in total. The van der Waals surface area contributed by atoms with Crippen LogP contribution in [0.15, 0.2) is 36.4 Å². The molecule has 1 aliphatic rings. The van der Waals surface area contributed by atoms with Gasteiger partial charge in [-0.25, -0.2) is 0 Å². The Morgan fingerprint density at radius 1 is 1.17 bits per heavy atom. The number of nitrogens with zero attached hydrogens (tertiary/aromatic N) is 5. The summed E-state index contributed by atoms with van der Waals surface area (Å²) in [6, 6.07) is 7.78. The normalized spacial score (nSPS) is 16.7. The Balaban J connectivity index is 1.34. The van der Waals surface area contributed by atoms with Crippen LogP contribution in [0, 0.1) is 5.95 Å². The molecule has 35 heavy (non-hydrogen) atoms. The van der Waals surface area contributed by atoms with Crippen LogP contribution in [0.2, 0.25) is 0 Å². The molecule has 3 heterocycles. The van der Waals surface area contributed by atoms with Gasteiger partial charge in [0.1, 0.15) is 5.75 Å². The fourth-order valence-electron chi connectivity index (χ4n) is 3.51. The van der Waals surface area contributed by atoms with Crippen molar-refractivity contribution in [1.29, 1.82) is 0 Å². The Kier molecular flexibility index (Phi) is 7.25. The van der Waals surface area contributed by atoms with Crippen molar-refractivity contribution in [2.75, 3.05) is 35.7 Å². The van der Waals surface area contributed by atoms with E-state index in [-0.39, 0.29) is 16.7 Å². The van der Waals surface area contributed by atoms with E-state index in [1.807, 2.05) is 4.90 Å². The number of carbonyl (C=O) groups excluding carboxylic acids is 1. The maximum atomic E-state index is 13.0. The minimum atomic E-state index is -4.86. The van der Waals surface area contributed by atoms with Gasteiger partial charge in [-0.3, -0.25) is 10.1 Å². The number of halogens is 4. The smallest absolute Gasteiger partial charge is 0.406 e. The summed E-state index contributed by atoms with van der Waals surface area (Å²) >= 11 is 1.09. The third-order valence-electron chi connectivity index (χ3n) is 4.98. The molecule has 1 aromatic carbocycles. The highest BCUT2D eigenvalue weighted by Gasteiger charge is 2.32. The zero-order valence-corrected chi connectivity index (χ0v) is 18.9. The van der Waals surface area contributed by atoms with Crippen molar-refractivity contribution >= 4 is 33.3 Å². The molecule has 3 aromatic rings.